The number of hydrogen-bond acceptors (Lipinski definition) is 2. The van der Waals surface area contributed by atoms with Gasteiger partial charge >= 0.3 is 0 Å². The second-order valence-electron chi connectivity index (χ2n) is 1.86. The zero-order valence-electron chi connectivity index (χ0n) is 5.58. The molecule has 0 saturated heterocycles. The maximum atomic E-state index is 10.6. The fraction of sp³-hybridized carbons (Fsp3) is 0. The van der Waals surface area contributed by atoms with E-state index in [0.717, 1.165) is 0 Å². The number of anilines is 1. The lowest BCUT2D eigenvalue weighted by Crippen LogP contribution is -1.95. The van der Waals surface area contributed by atoms with Gasteiger partial charge in [0, 0.05) is 5.69 Å². The van der Waals surface area contributed by atoms with E-state index in [2.05, 4.69) is 0 Å². The van der Waals surface area contributed by atoms with Gasteiger partial charge in [0.25, 0.3) is 5.24 Å². The molecule has 0 aromatic heterocycles. The Morgan fingerprint density at radius 2 is 1.91 bits per heavy atom. The lowest BCUT2D eigenvalue weighted by molar-refractivity contribution is 0.108. The first kappa shape index (κ1) is 10.3. The van der Waals surface area contributed by atoms with Gasteiger partial charge in [-0.1, -0.05) is 12.1 Å². The molecule has 0 bridgehead atoms. The summed E-state index contributed by atoms with van der Waals surface area (Å²) in [6, 6.07) is 6.69. The van der Waals surface area contributed by atoms with Gasteiger partial charge in [0.15, 0.2) is 0 Å². The molecule has 0 spiro atoms. The van der Waals surface area contributed by atoms with E-state index in [1.54, 1.807) is 24.3 Å². The van der Waals surface area contributed by atoms with Crippen molar-refractivity contribution in [3.05, 3.63) is 29.8 Å². The molecule has 2 N–H and O–H groups in total. The summed E-state index contributed by atoms with van der Waals surface area (Å²) in [5, 5.41) is -0.516. The average molecular weight is 192 g/mol. The SMILES string of the molecule is Cl.Nc1ccccc1C(=O)Cl. The highest BCUT2D eigenvalue weighted by Crippen LogP contribution is 2.12. The normalized spacial score (nSPS) is 8.45. The molecular weight excluding hydrogens is 185 g/mol. The number of carbonyl (C=O) groups is 1. The third kappa shape index (κ3) is 2.41. The molecule has 0 unspecified atom stereocenters. The van der Waals surface area contributed by atoms with Crippen molar-refractivity contribution >= 4 is 34.9 Å². The summed E-state index contributed by atoms with van der Waals surface area (Å²) in [6.45, 7) is 0. The minimum atomic E-state index is -0.516. The summed E-state index contributed by atoms with van der Waals surface area (Å²) in [7, 11) is 0. The number of nitrogens with two attached hydrogens (primary N) is 1. The molecule has 0 fully saturated rings. The van der Waals surface area contributed by atoms with Crippen LogP contribution in [0.25, 0.3) is 0 Å². The molecule has 0 saturated carbocycles. The summed E-state index contributed by atoms with van der Waals surface area (Å²) in [5.41, 5.74) is 6.20. The van der Waals surface area contributed by atoms with E-state index in [9.17, 15) is 4.79 Å². The van der Waals surface area contributed by atoms with Crippen LogP contribution in [0.15, 0.2) is 24.3 Å². The van der Waals surface area contributed by atoms with E-state index in [1.165, 1.54) is 0 Å². The number of nitrogen functional groups attached to an aromatic ring is 1. The summed E-state index contributed by atoms with van der Waals surface area (Å²) in [5.74, 6) is 0. The van der Waals surface area contributed by atoms with Gasteiger partial charge in [-0.25, -0.2) is 0 Å². The highest BCUT2D eigenvalue weighted by molar-refractivity contribution is 6.68. The average Bonchev–Trinajstić information content (AvgIpc) is 1.88. The number of rotatable bonds is 1. The first-order chi connectivity index (χ1) is 4.72. The number of halogens is 2. The molecule has 0 aliphatic carbocycles. The molecule has 0 atom stereocenters. The molecule has 0 aliphatic rings. The molecule has 0 heterocycles. The topological polar surface area (TPSA) is 43.1 Å². The van der Waals surface area contributed by atoms with Crippen molar-refractivity contribution in [3.8, 4) is 0 Å². The van der Waals surface area contributed by atoms with Crippen molar-refractivity contribution in [2.24, 2.45) is 0 Å². The molecule has 2 nitrogen and oxygen atoms in total. The van der Waals surface area contributed by atoms with Gasteiger partial charge in [0.1, 0.15) is 0 Å². The molecule has 0 amide bonds. The summed E-state index contributed by atoms with van der Waals surface area (Å²) in [6.07, 6.45) is 0. The van der Waals surface area contributed by atoms with Crippen molar-refractivity contribution in [2.45, 2.75) is 0 Å². The third-order valence-electron chi connectivity index (χ3n) is 1.17. The third-order valence-corrected chi connectivity index (χ3v) is 1.38. The molecule has 4 heteroatoms. The Kier molecular flexibility index (Phi) is 3.93. The van der Waals surface area contributed by atoms with Crippen LogP contribution in [-0.2, 0) is 0 Å². The minimum absolute atomic E-state index is 0. The van der Waals surface area contributed by atoms with Gasteiger partial charge in [0.05, 0.1) is 5.56 Å². The molecule has 60 valence electrons. The van der Waals surface area contributed by atoms with Crippen LogP contribution in [0.2, 0.25) is 0 Å². The van der Waals surface area contributed by atoms with Crippen LogP contribution in [0.3, 0.4) is 0 Å². The fourth-order valence-electron chi connectivity index (χ4n) is 0.676. The molecule has 1 aromatic rings. The molecule has 0 aliphatic heterocycles. The largest absolute Gasteiger partial charge is 0.398 e. The van der Waals surface area contributed by atoms with Gasteiger partial charge in [-0.3, -0.25) is 4.79 Å². The Hall–Kier alpha value is -0.730. The van der Waals surface area contributed by atoms with Gasteiger partial charge in [-0.05, 0) is 23.7 Å². The van der Waals surface area contributed by atoms with Crippen molar-refractivity contribution in [1.82, 2.24) is 0 Å². The highest BCUT2D eigenvalue weighted by Gasteiger charge is 2.02. The summed E-state index contributed by atoms with van der Waals surface area (Å²) in [4.78, 5) is 10.6. The zero-order valence-corrected chi connectivity index (χ0v) is 7.15. The van der Waals surface area contributed by atoms with Gasteiger partial charge in [0.2, 0.25) is 0 Å². The van der Waals surface area contributed by atoms with Crippen molar-refractivity contribution in [2.75, 3.05) is 5.73 Å². The van der Waals surface area contributed by atoms with Crippen LogP contribution in [0.1, 0.15) is 10.4 Å². The molecule has 11 heavy (non-hydrogen) atoms. The minimum Gasteiger partial charge on any atom is -0.398 e. The Morgan fingerprint density at radius 1 is 1.36 bits per heavy atom. The Morgan fingerprint density at radius 3 is 2.27 bits per heavy atom. The van der Waals surface area contributed by atoms with E-state index >= 15 is 0 Å². The first-order valence-electron chi connectivity index (χ1n) is 2.76. The molecular formula is C7H7Cl2NO. The van der Waals surface area contributed by atoms with E-state index < -0.39 is 5.24 Å². The number of para-hydroxylation sites is 1. The van der Waals surface area contributed by atoms with Crippen LogP contribution < -0.4 is 5.73 Å². The predicted molar refractivity (Wildman–Crippen MR) is 48.3 cm³/mol. The smallest absolute Gasteiger partial charge is 0.254 e. The summed E-state index contributed by atoms with van der Waals surface area (Å²) >= 11 is 5.19. The maximum absolute atomic E-state index is 10.6. The van der Waals surface area contributed by atoms with Crippen LogP contribution in [0.4, 0.5) is 5.69 Å². The van der Waals surface area contributed by atoms with Crippen molar-refractivity contribution < 1.29 is 4.79 Å². The highest BCUT2D eigenvalue weighted by atomic mass is 35.5. The molecule has 0 radical (unpaired) electrons. The number of carbonyl (C=O) groups excluding carboxylic acids is 1. The molecule has 1 rings (SSSR count). The Bertz CT molecular complexity index is 262. The first-order valence-corrected chi connectivity index (χ1v) is 3.14. The van der Waals surface area contributed by atoms with E-state index in [1.807, 2.05) is 0 Å². The van der Waals surface area contributed by atoms with E-state index in [4.69, 9.17) is 17.3 Å². The predicted octanol–water partition coefficient (Wildman–Crippen LogP) is 2.07. The van der Waals surface area contributed by atoms with Gasteiger partial charge in [-0.2, -0.15) is 0 Å². The standard InChI is InChI=1S/C7H6ClNO.ClH/c8-7(10)5-3-1-2-4-6(5)9;/h1-4H,9H2;1H. The quantitative estimate of drug-likeness (QED) is 0.546. The van der Waals surface area contributed by atoms with Crippen LogP contribution in [-0.4, -0.2) is 5.24 Å². The summed E-state index contributed by atoms with van der Waals surface area (Å²) < 4.78 is 0. The van der Waals surface area contributed by atoms with Crippen LogP contribution >= 0.6 is 24.0 Å². The fourth-order valence-corrected chi connectivity index (χ4v) is 0.848. The van der Waals surface area contributed by atoms with Gasteiger partial charge < -0.3 is 5.73 Å². The monoisotopic (exact) mass is 191 g/mol. The van der Waals surface area contributed by atoms with E-state index in [0.29, 0.717) is 11.3 Å². The Balaban J connectivity index is 0.000001000. The van der Waals surface area contributed by atoms with Crippen LogP contribution in [0.5, 0.6) is 0 Å². The lowest BCUT2D eigenvalue weighted by atomic mass is 10.2. The van der Waals surface area contributed by atoms with Crippen molar-refractivity contribution in [1.29, 1.82) is 0 Å². The second-order valence-corrected chi connectivity index (χ2v) is 2.20. The van der Waals surface area contributed by atoms with Crippen LogP contribution in [0, 0.1) is 0 Å². The van der Waals surface area contributed by atoms with Crippen molar-refractivity contribution in [3.63, 3.8) is 0 Å². The zero-order chi connectivity index (χ0) is 7.56. The van der Waals surface area contributed by atoms with Gasteiger partial charge in [-0.15, -0.1) is 12.4 Å². The Labute approximate surface area is 75.8 Å². The maximum Gasteiger partial charge on any atom is 0.254 e. The number of benzene rings is 1. The number of hydrogen-bond donors (Lipinski definition) is 1. The lowest BCUT2D eigenvalue weighted by Gasteiger charge is -1.96. The van der Waals surface area contributed by atoms with E-state index in [-0.39, 0.29) is 12.4 Å². The second kappa shape index (κ2) is 4.21. The molecule has 1 aromatic carbocycles.